The summed E-state index contributed by atoms with van der Waals surface area (Å²) in [6, 6.07) is 8.68. The summed E-state index contributed by atoms with van der Waals surface area (Å²) in [6.07, 6.45) is 1.08. The molecule has 2 aromatic rings. The smallest absolute Gasteiger partial charge is 0.335 e. The normalized spacial score (nSPS) is 21.2. The Labute approximate surface area is 149 Å². The largest absolute Gasteiger partial charge is 0.478 e. The van der Waals surface area contributed by atoms with Crippen LogP contribution in [-0.4, -0.2) is 28.4 Å². The highest BCUT2D eigenvalue weighted by atomic mass is 19.1. The molecule has 2 unspecified atom stereocenters. The quantitative estimate of drug-likeness (QED) is 0.917. The van der Waals surface area contributed by atoms with Crippen molar-refractivity contribution in [3.05, 3.63) is 70.3 Å². The lowest BCUT2D eigenvalue weighted by atomic mass is 9.97. The Morgan fingerprint density at radius 2 is 1.81 bits per heavy atom. The molecule has 1 amide bonds. The van der Waals surface area contributed by atoms with Gasteiger partial charge in [-0.2, -0.15) is 0 Å². The standard InChI is InChI=1S/C20H17F2NO3/c21-16-2-1-3-17(22)18(16)14-9-15(14)19(24)23-7-6-11-4-5-12(20(25)26)8-13(11)10-23/h1-5,8,14-15H,6-7,9-10H2,(H,25,26). The molecule has 26 heavy (non-hydrogen) atoms. The fourth-order valence-electron chi connectivity index (χ4n) is 3.76. The van der Waals surface area contributed by atoms with Gasteiger partial charge in [-0.3, -0.25) is 4.79 Å². The number of fused-ring (bicyclic) bond motifs is 1. The summed E-state index contributed by atoms with van der Waals surface area (Å²) in [5.74, 6) is -3.18. The second kappa shape index (κ2) is 6.20. The van der Waals surface area contributed by atoms with E-state index in [1.807, 2.05) is 0 Å². The second-order valence-corrected chi connectivity index (χ2v) is 6.88. The number of nitrogens with zero attached hydrogens (tertiary/aromatic N) is 1. The molecule has 0 aromatic heterocycles. The Balaban J connectivity index is 1.51. The maximum atomic E-state index is 13.9. The first kappa shape index (κ1) is 16.7. The number of benzene rings is 2. The Kier molecular flexibility index (Phi) is 3.98. The van der Waals surface area contributed by atoms with Gasteiger partial charge in [-0.15, -0.1) is 0 Å². The van der Waals surface area contributed by atoms with Crippen molar-refractivity contribution in [1.82, 2.24) is 4.90 Å². The van der Waals surface area contributed by atoms with Crippen LogP contribution in [0.1, 0.15) is 39.4 Å². The molecular formula is C20H17F2NO3. The van der Waals surface area contributed by atoms with Crippen LogP contribution in [0.25, 0.3) is 0 Å². The maximum Gasteiger partial charge on any atom is 0.335 e. The summed E-state index contributed by atoms with van der Waals surface area (Å²) < 4.78 is 27.8. The van der Waals surface area contributed by atoms with E-state index in [4.69, 9.17) is 5.11 Å². The number of carbonyl (C=O) groups excluding carboxylic acids is 1. The SMILES string of the molecule is O=C(O)c1ccc2c(c1)CN(C(=O)C1CC1c1c(F)cccc1F)CC2. The molecule has 0 saturated heterocycles. The fraction of sp³-hybridized carbons (Fsp3) is 0.300. The van der Waals surface area contributed by atoms with Crippen molar-refractivity contribution in [2.45, 2.75) is 25.3 Å². The zero-order valence-electron chi connectivity index (χ0n) is 13.9. The number of halogens is 2. The second-order valence-electron chi connectivity index (χ2n) is 6.88. The van der Waals surface area contributed by atoms with E-state index >= 15 is 0 Å². The Bertz CT molecular complexity index is 892. The first-order valence-electron chi connectivity index (χ1n) is 8.53. The molecule has 1 aliphatic carbocycles. The van der Waals surface area contributed by atoms with Crippen LogP contribution in [0.15, 0.2) is 36.4 Å². The molecule has 0 radical (unpaired) electrons. The summed E-state index contributed by atoms with van der Waals surface area (Å²) in [7, 11) is 0. The topological polar surface area (TPSA) is 57.6 Å². The van der Waals surface area contributed by atoms with Crippen molar-refractivity contribution >= 4 is 11.9 Å². The third-order valence-corrected chi connectivity index (χ3v) is 5.26. The lowest BCUT2D eigenvalue weighted by Crippen LogP contribution is -2.37. The molecule has 1 aliphatic heterocycles. The predicted octanol–water partition coefficient (Wildman–Crippen LogP) is 3.35. The van der Waals surface area contributed by atoms with Gasteiger partial charge in [0.1, 0.15) is 11.6 Å². The average molecular weight is 357 g/mol. The van der Waals surface area contributed by atoms with Crippen LogP contribution in [0.5, 0.6) is 0 Å². The Morgan fingerprint density at radius 3 is 2.50 bits per heavy atom. The highest BCUT2D eigenvalue weighted by molar-refractivity contribution is 5.88. The van der Waals surface area contributed by atoms with Crippen LogP contribution in [0.2, 0.25) is 0 Å². The van der Waals surface area contributed by atoms with Gasteiger partial charge in [0.05, 0.1) is 5.56 Å². The molecule has 1 saturated carbocycles. The predicted molar refractivity (Wildman–Crippen MR) is 89.7 cm³/mol. The van der Waals surface area contributed by atoms with Gasteiger partial charge in [0, 0.05) is 30.5 Å². The van der Waals surface area contributed by atoms with E-state index in [9.17, 15) is 18.4 Å². The monoisotopic (exact) mass is 357 g/mol. The van der Waals surface area contributed by atoms with Crippen molar-refractivity contribution in [1.29, 1.82) is 0 Å². The van der Waals surface area contributed by atoms with Gasteiger partial charge in [-0.1, -0.05) is 12.1 Å². The van der Waals surface area contributed by atoms with E-state index < -0.39 is 29.4 Å². The summed E-state index contributed by atoms with van der Waals surface area (Å²) in [5.41, 5.74) is 2.04. The molecule has 2 aliphatic rings. The van der Waals surface area contributed by atoms with E-state index in [1.165, 1.54) is 18.2 Å². The van der Waals surface area contributed by atoms with E-state index in [0.717, 1.165) is 11.1 Å². The molecule has 1 heterocycles. The minimum absolute atomic E-state index is 0.00331. The van der Waals surface area contributed by atoms with E-state index in [0.29, 0.717) is 25.9 Å². The van der Waals surface area contributed by atoms with Gasteiger partial charge in [0.15, 0.2) is 0 Å². The Morgan fingerprint density at radius 1 is 1.08 bits per heavy atom. The first-order chi connectivity index (χ1) is 12.5. The van der Waals surface area contributed by atoms with Crippen molar-refractivity contribution in [2.75, 3.05) is 6.54 Å². The van der Waals surface area contributed by atoms with Crippen molar-refractivity contribution in [3.8, 4) is 0 Å². The van der Waals surface area contributed by atoms with Gasteiger partial charge in [0.2, 0.25) is 5.91 Å². The van der Waals surface area contributed by atoms with E-state index in [1.54, 1.807) is 23.1 Å². The van der Waals surface area contributed by atoms with Crippen LogP contribution in [-0.2, 0) is 17.8 Å². The fourth-order valence-corrected chi connectivity index (χ4v) is 3.76. The number of carboxylic acid groups (broad SMARTS) is 1. The minimum Gasteiger partial charge on any atom is -0.478 e. The minimum atomic E-state index is -1.01. The van der Waals surface area contributed by atoms with Crippen molar-refractivity contribution < 1.29 is 23.5 Å². The van der Waals surface area contributed by atoms with Gasteiger partial charge in [0.25, 0.3) is 0 Å². The highest BCUT2D eigenvalue weighted by Gasteiger charge is 2.48. The molecule has 134 valence electrons. The number of carboxylic acids is 1. The number of hydrogen-bond donors (Lipinski definition) is 1. The summed E-state index contributed by atoms with van der Waals surface area (Å²) in [4.78, 5) is 25.6. The van der Waals surface area contributed by atoms with Crippen molar-refractivity contribution in [3.63, 3.8) is 0 Å². The molecular weight excluding hydrogens is 340 g/mol. The van der Waals surface area contributed by atoms with Crippen LogP contribution < -0.4 is 0 Å². The number of amides is 1. The van der Waals surface area contributed by atoms with Gasteiger partial charge in [-0.05, 0) is 48.2 Å². The van der Waals surface area contributed by atoms with E-state index in [2.05, 4.69) is 0 Å². The molecule has 1 fully saturated rings. The van der Waals surface area contributed by atoms with Gasteiger partial charge >= 0.3 is 5.97 Å². The molecule has 1 N–H and O–H groups in total. The average Bonchev–Trinajstić information content (AvgIpc) is 3.40. The zero-order chi connectivity index (χ0) is 18.4. The van der Waals surface area contributed by atoms with Gasteiger partial charge in [-0.25, -0.2) is 13.6 Å². The third-order valence-electron chi connectivity index (χ3n) is 5.26. The number of aromatic carboxylic acids is 1. The summed E-state index contributed by atoms with van der Waals surface area (Å²) in [6.45, 7) is 0.861. The number of rotatable bonds is 3. The lowest BCUT2D eigenvalue weighted by Gasteiger charge is -2.29. The van der Waals surface area contributed by atoms with Crippen molar-refractivity contribution in [2.24, 2.45) is 5.92 Å². The third kappa shape index (κ3) is 2.85. The molecule has 4 nitrogen and oxygen atoms in total. The molecule has 2 atom stereocenters. The maximum absolute atomic E-state index is 13.9. The van der Waals surface area contributed by atoms with E-state index in [-0.39, 0.29) is 17.0 Å². The first-order valence-corrected chi connectivity index (χ1v) is 8.53. The molecule has 0 spiro atoms. The lowest BCUT2D eigenvalue weighted by molar-refractivity contribution is -0.133. The Hall–Kier alpha value is -2.76. The van der Waals surface area contributed by atoms with Crippen LogP contribution in [0.3, 0.4) is 0 Å². The van der Waals surface area contributed by atoms with Crippen LogP contribution in [0, 0.1) is 17.6 Å². The molecule has 2 aromatic carbocycles. The molecule has 0 bridgehead atoms. The molecule has 6 heteroatoms. The highest BCUT2D eigenvalue weighted by Crippen LogP contribution is 2.50. The number of carbonyl (C=O) groups is 2. The van der Waals surface area contributed by atoms with Crippen LogP contribution in [0.4, 0.5) is 8.78 Å². The number of hydrogen-bond acceptors (Lipinski definition) is 2. The molecule has 4 rings (SSSR count). The van der Waals surface area contributed by atoms with Crippen LogP contribution >= 0.6 is 0 Å². The summed E-state index contributed by atoms with van der Waals surface area (Å²) in [5, 5.41) is 9.12. The zero-order valence-corrected chi connectivity index (χ0v) is 13.9. The van der Waals surface area contributed by atoms with Gasteiger partial charge < -0.3 is 10.0 Å². The summed E-state index contributed by atoms with van der Waals surface area (Å²) >= 11 is 0.